The predicted octanol–water partition coefficient (Wildman–Crippen LogP) is 0.855. The van der Waals surface area contributed by atoms with Crippen LogP contribution < -0.4 is 0 Å². The lowest BCUT2D eigenvalue weighted by Crippen LogP contribution is -2.04. The fourth-order valence-corrected chi connectivity index (χ4v) is 1.26. The molecular formula is C6H6N4O2S. The van der Waals surface area contributed by atoms with E-state index in [-0.39, 0.29) is 10.6 Å². The summed E-state index contributed by atoms with van der Waals surface area (Å²) in [5.41, 5.74) is -0.124. The topological polar surface area (TPSA) is 78.0 Å². The Kier molecular flexibility index (Phi) is 2.87. The minimum Gasteiger partial charge on any atom is -0.465 e. The van der Waals surface area contributed by atoms with Gasteiger partial charge in [-0.15, -0.1) is 5.11 Å². The van der Waals surface area contributed by atoms with Crippen LogP contribution in [0.4, 0.5) is 0 Å². The highest BCUT2D eigenvalue weighted by Crippen LogP contribution is 2.30. The van der Waals surface area contributed by atoms with Crippen LogP contribution in [0, 0.1) is 11.3 Å². The van der Waals surface area contributed by atoms with Gasteiger partial charge in [0.25, 0.3) is 0 Å². The largest absolute Gasteiger partial charge is 0.465 e. The molecule has 0 saturated carbocycles. The molecule has 0 aromatic rings. The first-order valence-electron chi connectivity index (χ1n) is 3.25. The van der Waals surface area contributed by atoms with Crippen LogP contribution in [0.3, 0.4) is 0 Å². The molecule has 1 aliphatic rings. The first-order chi connectivity index (χ1) is 6.19. The Balaban J connectivity index is 2.96. The Morgan fingerprint density at radius 3 is 2.85 bits per heavy atom. The maximum absolute atomic E-state index is 11.0. The number of methoxy groups -OCH3 is 1. The van der Waals surface area contributed by atoms with E-state index in [1.165, 1.54) is 11.5 Å². The van der Waals surface area contributed by atoms with E-state index in [1.54, 1.807) is 13.1 Å². The van der Waals surface area contributed by atoms with E-state index in [2.05, 4.69) is 15.1 Å². The zero-order chi connectivity index (χ0) is 9.84. The van der Waals surface area contributed by atoms with E-state index in [9.17, 15) is 4.79 Å². The molecule has 0 fully saturated rings. The molecular weight excluding hydrogens is 192 g/mol. The molecule has 1 rings (SSSR count). The number of carbonyl (C=O) groups is 1. The Morgan fingerprint density at radius 1 is 1.77 bits per heavy atom. The molecule has 6 nitrogen and oxygen atoms in total. The predicted molar refractivity (Wildman–Crippen MR) is 44.9 cm³/mol. The van der Waals surface area contributed by atoms with Gasteiger partial charge in [-0.1, -0.05) is 5.22 Å². The highest BCUT2D eigenvalue weighted by Gasteiger charge is 2.21. The summed E-state index contributed by atoms with van der Waals surface area (Å²) in [4.78, 5) is 11.0. The van der Waals surface area contributed by atoms with Crippen molar-refractivity contribution in [2.75, 3.05) is 14.2 Å². The van der Waals surface area contributed by atoms with Crippen molar-refractivity contribution >= 4 is 17.9 Å². The van der Waals surface area contributed by atoms with Crippen LogP contribution in [0.15, 0.2) is 20.9 Å². The number of esters is 1. The Hall–Kier alpha value is -1.55. The minimum absolute atomic E-state index is 0.124. The van der Waals surface area contributed by atoms with Gasteiger partial charge >= 0.3 is 5.97 Å². The van der Waals surface area contributed by atoms with Crippen LogP contribution in [0.5, 0.6) is 0 Å². The summed E-state index contributed by atoms with van der Waals surface area (Å²) in [6.07, 6.45) is 0. The Bertz CT molecular complexity index is 330. The summed E-state index contributed by atoms with van der Waals surface area (Å²) in [5, 5.41) is 16.1. The van der Waals surface area contributed by atoms with Crippen molar-refractivity contribution in [3.05, 3.63) is 10.6 Å². The third kappa shape index (κ3) is 1.97. The molecule has 0 aromatic heterocycles. The molecule has 0 spiro atoms. The maximum atomic E-state index is 11.0. The van der Waals surface area contributed by atoms with E-state index in [0.717, 1.165) is 11.9 Å². The van der Waals surface area contributed by atoms with Gasteiger partial charge in [0.1, 0.15) is 6.07 Å². The Labute approximate surface area is 79.0 Å². The summed E-state index contributed by atoms with van der Waals surface area (Å²) in [5.74, 6) is -0.695. The average molecular weight is 198 g/mol. The van der Waals surface area contributed by atoms with Crippen LogP contribution in [0.25, 0.3) is 0 Å². The summed E-state index contributed by atoms with van der Waals surface area (Å²) >= 11 is 1.10. The van der Waals surface area contributed by atoms with E-state index in [1.807, 2.05) is 0 Å². The molecule has 0 radical (unpaired) electrons. The van der Waals surface area contributed by atoms with Gasteiger partial charge in [-0.2, -0.15) is 5.26 Å². The lowest BCUT2D eigenvalue weighted by molar-refractivity contribution is -0.135. The second-order valence-electron chi connectivity index (χ2n) is 2.03. The molecule has 0 bridgehead atoms. The van der Waals surface area contributed by atoms with Crippen LogP contribution in [0.1, 0.15) is 0 Å². The second-order valence-corrected chi connectivity index (χ2v) is 3.13. The zero-order valence-electron chi connectivity index (χ0n) is 7.01. The standard InChI is InChI=1S/C6H6N4O2S/c1-10-9-8-5(13-10)4(3-7)6(11)12-2/h1-2H3/b5-4-. The minimum atomic E-state index is -0.695. The van der Waals surface area contributed by atoms with Crippen molar-refractivity contribution in [1.82, 2.24) is 4.41 Å². The van der Waals surface area contributed by atoms with Crippen LogP contribution >= 0.6 is 11.9 Å². The molecule has 0 saturated heterocycles. The van der Waals surface area contributed by atoms with Crippen LogP contribution in [-0.4, -0.2) is 24.5 Å². The maximum Gasteiger partial charge on any atom is 0.351 e. The van der Waals surface area contributed by atoms with Crippen molar-refractivity contribution in [3.8, 4) is 6.07 Å². The number of nitrogens with zero attached hydrogens (tertiary/aromatic N) is 4. The third-order valence-corrected chi connectivity index (χ3v) is 1.99. The van der Waals surface area contributed by atoms with Crippen molar-refractivity contribution in [1.29, 1.82) is 5.26 Å². The van der Waals surface area contributed by atoms with Crippen molar-refractivity contribution in [3.63, 3.8) is 0 Å². The quantitative estimate of drug-likeness (QED) is 0.270. The molecule has 0 aromatic carbocycles. The van der Waals surface area contributed by atoms with Gasteiger partial charge in [0.05, 0.1) is 7.11 Å². The van der Waals surface area contributed by atoms with E-state index in [4.69, 9.17) is 5.26 Å². The van der Waals surface area contributed by atoms with Crippen molar-refractivity contribution in [2.24, 2.45) is 10.3 Å². The molecule has 0 unspecified atom stereocenters. The highest BCUT2D eigenvalue weighted by molar-refractivity contribution is 8.01. The smallest absolute Gasteiger partial charge is 0.351 e. The van der Waals surface area contributed by atoms with Gasteiger partial charge in [-0.05, 0) is 0 Å². The normalized spacial score (nSPS) is 18.4. The number of carbonyl (C=O) groups excluding carboxylic acids is 1. The summed E-state index contributed by atoms with van der Waals surface area (Å²) in [7, 11) is 2.87. The SMILES string of the molecule is COC(=O)/C(C#N)=C1/N=NN(C)S1. The molecule has 13 heavy (non-hydrogen) atoms. The summed E-state index contributed by atoms with van der Waals surface area (Å²) < 4.78 is 5.84. The van der Waals surface area contributed by atoms with Gasteiger partial charge in [0.15, 0.2) is 10.6 Å². The second kappa shape index (κ2) is 3.91. The van der Waals surface area contributed by atoms with Gasteiger partial charge in [-0.25, -0.2) is 9.21 Å². The summed E-state index contributed by atoms with van der Waals surface area (Å²) in [6.45, 7) is 0. The van der Waals surface area contributed by atoms with Crippen molar-refractivity contribution < 1.29 is 9.53 Å². The van der Waals surface area contributed by atoms with E-state index >= 15 is 0 Å². The van der Waals surface area contributed by atoms with Gasteiger partial charge in [0.2, 0.25) is 0 Å². The van der Waals surface area contributed by atoms with Gasteiger partial charge < -0.3 is 4.74 Å². The molecule has 1 aliphatic heterocycles. The van der Waals surface area contributed by atoms with Gasteiger partial charge in [-0.3, -0.25) is 0 Å². The fourth-order valence-electron chi connectivity index (χ4n) is 0.644. The lowest BCUT2D eigenvalue weighted by Gasteiger charge is -1.99. The molecule has 0 N–H and O–H groups in total. The van der Waals surface area contributed by atoms with Crippen LogP contribution in [-0.2, 0) is 9.53 Å². The zero-order valence-corrected chi connectivity index (χ0v) is 7.83. The van der Waals surface area contributed by atoms with Crippen LogP contribution in [0.2, 0.25) is 0 Å². The number of hydrogen-bond donors (Lipinski definition) is 0. The molecule has 7 heteroatoms. The number of nitriles is 1. The monoisotopic (exact) mass is 198 g/mol. The number of ether oxygens (including phenoxy) is 1. The van der Waals surface area contributed by atoms with E-state index in [0.29, 0.717) is 0 Å². The lowest BCUT2D eigenvalue weighted by atomic mass is 10.3. The fraction of sp³-hybridized carbons (Fsp3) is 0.333. The summed E-state index contributed by atoms with van der Waals surface area (Å²) in [6, 6.07) is 1.72. The van der Waals surface area contributed by atoms with E-state index < -0.39 is 5.97 Å². The highest BCUT2D eigenvalue weighted by atomic mass is 32.2. The molecule has 1 heterocycles. The third-order valence-electron chi connectivity index (χ3n) is 1.20. The number of rotatable bonds is 1. The molecule has 0 amide bonds. The number of hydrogen-bond acceptors (Lipinski definition) is 7. The first kappa shape index (κ1) is 9.54. The van der Waals surface area contributed by atoms with Crippen molar-refractivity contribution in [2.45, 2.75) is 0 Å². The van der Waals surface area contributed by atoms with Gasteiger partial charge in [0, 0.05) is 19.0 Å². The first-order valence-corrected chi connectivity index (χ1v) is 4.02. The molecule has 68 valence electrons. The Morgan fingerprint density at radius 2 is 2.46 bits per heavy atom. The average Bonchev–Trinajstić information content (AvgIpc) is 2.53. The molecule has 0 aliphatic carbocycles. The molecule has 0 atom stereocenters.